The second kappa shape index (κ2) is 14.0. The zero-order chi connectivity index (χ0) is 16.9. The lowest BCUT2D eigenvalue weighted by atomic mass is 10.3. The Balaban J connectivity index is 0. The molecule has 1 fully saturated rings. The minimum absolute atomic E-state index is 0.476. The molecule has 1 heterocycles. The molecule has 0 aliphatic carbocycles. The Kier molecular flexibility index (Phi) is 15.8. The van der Waals surface area contributed by atoms with Crippen LogP contribution in [0.3, 0.4) is 0 Å². The first-order valence-electron chi connectivity index (χ1n) is 7.54. The van der Waals surface area contributed by atoms with Crippen LogP contribution in [0.25, 0.3) is 0 Å². The van der Waals surface area contributed by atoms with Crippen LogP contribution < -0.4 is 0 Å². The summed E-state index contributed by atoms with van der Waals surface area (Å²) in [6.45, 7) is 13.0. The highest BCUT2D eigenvalue weighted by atomic mass is 32.7. The van der Waals surface area contributed by atoms with Crippen LogP contribution in [0.1, 0.15) is 41.5 Å². The second-order valence-corrected chi connectivity index (χ2v) is 10.1. The van der Waals surface area contributed by atoms with Crippen LogP contribution >= 0.6 is 18.2 Å². The van der Waals surface area contributed by atoms with Crippen LogP contribution in [0.15, 0.2) is 0 Å². The molecule has 130 valence electrons. The molecule has 0 aromatic carbocycles. The normalized spacial score (nSPS) is 16.1. The third-order valence-electron chi connectivity index (χ3n) is 1.77. The number of nitrogens with zero attached hydrogens (tertiary/aromatic N) is 1. The molecule has 2 N–H and O–H groups in total. The number of hydrogen-bond acceptors (Lipinski definition) is 4. The molecule has 1 aliphatic rings. The lowest BCUT2D eigenvalue weighted by Gasteiger charge is -2.26. The molecule has 1 rings (SSSR count). The molecule has 0 saturated carbocycles. The van der Waals surface area contributed by atoms with Crippen molar-refractivity contribution in [2.45, 2.75) is 41.5 Å². The number of rotatable bonds is 4. The highest BCUT2D eigenvalue weighted by Gasteiger charge is 2.15. The first-order chi connectivity index (χ1) is 9.54. The van der Waals surface area contributed by atoms with Crippen LogP contribution in [0.4, 0.5) is 0 Å². The van der Waals surface area contributed by atoms with Gasteiger partial charge in [-0.2, -0.15) is 0 Å². The number of ether oxygens (including phenoxy) is 1. The lowest BCUT2D eigenvalue weighted by molar-refractivity contribution is 0.0410. The van der Waals surface area contributed by atoms with Crippen LogP contribution in [0, 0.1) is 11.8 Å². The van der Waals surface area contributed by atoms with Crippen LogP contribution in [0.2, 0.25) is 0 Å². The van der Waals surface area contributed by atoms with E-state index in [0.717, 1.165) is 44.7 Å². The van der Waals surface area contributed by atoms with Crippen molar-refractivity contribution in [1.29, 1.82) is 0 Å². The maximum Gasteiger partial charge on any atom is 0.384 e. The summed E-state index contributed by atoms with van der Waals surface area (Å²) in [6, 6.07) is 0. The average molecular weight is 343 g/mol. The van der Waals surface area contributed by atoms with Gasteiger partial charge in [0, 0.05) is 25.4 Å². The van der Waals surface area contributed by atoms with Crippen molar-refractivity contribution >= 4 is 18.2 Å². The Morgan fingerprint density at radius 1 is 1.05 bits per heavy atom. The maximum atomic E-state index is 10.5. The van der Waals surface area contributed by atoms with Crippen molar-refractivity contribution < 1.29 is 19.1 Å². The molecule has 0 aromatic heterocycles. The summed E-state index contributed by atoms with van der Waals surface area (Å²) in [5, 5.41) is 0. The fourth-order valence-electron chi connectivity index (χ4n) is 1.11. The summed E-state index contributed by atoms with van der Waals surface area (Å²) < 4.78 is 15.6. The summed E-state index contributed by atoms with van der Waals surface area (Å²) in [5.41, 5.74) is 0. The minimum atomic E-state index is -3.87. The van der Waals surface area contributed by atoms with Crippen molar-refractivity contribution in [3.05, 3.63) is 0 Å². The Labute approximate surface area is 134 Å². The Morgan fingerprint density at radius 3 is 1.76 bits per heavy atom. The standard InChI is InChI=1S/C6H14NO4PS.2C4H10/c8-12(9,10)13-6-3-7-1-4-11-5-2-7;2*1-4(2)3/h1-6H2,(H2,8,9,10);2*4H,1-3H3. The second-order valence-electron chi connectivity index (χ2n) is 6.24. The maximum absolute atomic E-state index is 10.5. The Bertz CT molecular complexity index is 254. The van der Waals surface area contributed by atoms with Gasteiger partial charge in [-0.05, 0) is 23.2 Å². The molecule has 1 aliphatic heterocycles. The molecule has 0 atom stereocenters. The molecule has 1 saturated heterocycles. The molecule has 0 unspecified atom stereocenters. The monoisotopic (exact) mass is 343 g/mol. The van der Waals surface area contributed by atoms with E-state index < -0.39 is 6.80 Å². The van der Waals surface area contributed by atoms with Gasteiger partial charge in [0.25, 0.3) is 0 Å². The largest absolute Gasteiger partial charge is 0.384 e. The minimum Gasteiger partial charge on any atom is -0.379 e. The van der Waals surface area contributed by atoms with E-state index in [1.165, 1.54) is 0 Å². The van der Waals surface area contributed by atoms with E-state index in [2.05, 4.69) is 46.4 Å². The van der Waals surface area contributed by atoms with E-state index in [4.69, 9.17) is 14.5 Å². The van der Waals surface area contributed by atoms with E-state index in [9.17, 15) is 4.57 Å². The predicted molar refractivity (Wildman–Crippen MR) is 92.8 cm³/mol. The molecular weight excluding hydrogens is 309 g/mol. The summed E-state index contributed by atoms with van der Waals surface area (Å²) in [7, 11) is 0. The quantitative estimate of drug-likeness (QED) is 0.762. The van der Waals surface area contributed by atoms with E-state index in [1.807, 2.05) is 0 Å². The Hall–Kier alpha value is 0.420. The van der Waals surface area contributed by atoms with Gasteiger partial charge in [-0.1, -0.05) is 41.5 Å². The molecule has 7 heteroatoms. The fraction of sp³-hybridized carbons (Fsp3) is 1.00. The van der Waals surface area contributed by atoms with E-state index in [1.54, 1.807) is 0 Å². The molecule has 0 spiro atoms. The third-order valence-corrected chi connectivity index (χ3v) is 4.03. The SMILES string of the molecule is CC(C)C.CC(C)C.O=P(O)(O)SCCN1CCOCC1. The smallest absolute Gasteiger partial charge is 0.379 e. The van der Waals surface area contributed by atoms with Gasteiger partial charge < -0.3 is 14.5 Å². The molecule has 0 aromatic rings. The van der Waals surface area contributed by atoms with Gasteiger partial charge in [-0.3, -0.25) is 4.90 Å². The van der Waals surface area contributed by atoms with Crippen molar-refractivity contribution in [1.82, 2.24) is 4.90 Å². The van der Waals surface area contributed by atoms with Crippen molar-refractivity contribution in [3.63, 3.8) is 0 Å². The summed E-state index contributed by atoms with van der Waals surface area (Å²) in [4.78, 5) is 19.3. The van der Waals surface area contributed by atoms with E-state index in [0.29, 0.717) is 17.1 Å². The van der Waals surface area contributed by atoms with Crippen molar-refractivity contribution in [2.24, 2.45) is 11.8 Å². The van der Waals surface area contributed by atoms with Gasteiger partial charge in [0.1, 0.15) is 0 Å². The molecule has 21 heavy (non-hydrogen) atoms. The highest BCUT2D eigenvalue weighted by molar-refractivity contribution is 8.54. The highest BCUT2D eigenvalue weighted by Crippen LogP contribution is 2.49. The molecule has 0 radical (unpaired) electrons. The first-order valence-corrected chi connectivity index (χ1v) is 10.7. The number of hydrogen-bond donors (Lipinski definition) is 2. The van der Waals surface area contributed by atoms with Crippen LogP contribution in [-0.4, -0.2) is 53.3 Å². The predicted octanol–water partition coefficient (Wildman–Crippen LogP) is 3.47. The van der Waals surface area contributed by atoms with Gasteiger partial charge in [-0.15, -0.1) is 0 Å². The summed E-state index contributed by atoms with van der Waals surface area (Å²) in [5.74, 6) is 2.14. The van der Waals surface area contributed by atoms with Crippen molar-refractivity contribution in [3.8, 4) is 0 Å². The van der Waals surface area contributed by atoms with Gasteiger partial charge in [0.15, 0.2) is 0 Å². The molecule has 0 bridgehead atoms. The average Bonchev–Trinajstić information content (AvgIpc) is 2.27. The van der Waals surface area contributed by atoms with Crippen molar-refractivity contribution in [2.75, 3.05) is 38.6 Å². The topological polar surface area (TPSA) is 70.0 Å². The number of morpholine rings is 1. The molecular formula is C14H34NO4PS. The van der Waals surface area contributed by atoms with Gasteiger partial charge >= 0.3 is 6.80 Å². The first kappa shape index (κ1) is 23.7. The van der Waals surface area contributed by atoms with Crippen LogP contribution in [0.5, 0.6) is 0 Å². The van der Waals surface area contributed by atoms with Gasteiger partial charge in [0.2, 0.25) is 0 Å². The zero-order valence-corrected chi connectivity index (χ0v) is 16.1. The molecule has 0 amide bonds. The summed E-state index contributed by atoms with van der Waals surface area (Å²) >= 11 is 0.711. The molecule has 5 nitrogen and oxygen atoms in total. The summed E-state index contributed by atoms with van der Waals surface area (Å²) in [6.07, 6.45) is 0. The van der Waals surface area contributed by atoms with E-state index in [-0.39, 0.29) is 0 Å². The van der Waals surface area contributed by atoms with Crippen LogP contribution in [-0.2, 0) is 9.30 Å². The van der Waals surface area contributed by atoms with E-state index >= 15 is 0 Å². The fourth-order valence-corrected chi connectivity index (χ4v) is 2.65. The lowest BCUT2D eigenvalue weighted by Crippen LogP contribution is -2.37. The zero-order valence-electron chi connectivity index (χ0n) is 14.4. The van der Waals surface area contributed by atoms with Gasteiger partial charge in [-0.25, -0.2) is 4.57 Å². The third kappa shape index (κ3) is 29.1. The van der Waals surface area contributed by atoms with Gasteiger partial charge in [0.05, 0.1) is 13.2 Å². The Morgan fingerprint density at radius 2 is 1.43 bits per heavy atom.